The number of para-hydroxylation sites is 1. The summed E-state index contributed by atoms with van der Waals surface area (Å²) < 4.78 is 15.5. The maximum absolute atomic E-state index is 14.0. The first-order chi connectivity index (χ1) is 11.8. The molecular formula is C18H14FN5. The van der Waals surface area contributed by atoms with E-state index in [2.05, 4.69) is 20.4 Å². The molecule has 0 bridgehead atoms. The zero-order chi connectivity index (χ0) is 16.4. The Morgan fingerprint density at radius 1 is 0.958 bits per heavy atom. The molecule has 2 heterocycles. The topological polar surface area (TPSA) is 55.6 Å². The molecule has 1 N–H and O–H groups in total. The summed E-state index contributed by atoms with van der Waals surface area (Å²) in [4.78, 5) is 8.54. The van der Waals surface area contributed by atoms with E-state index >= 15 is 0 Å². The van der Waals surface area contributed by atoms with Crippen molar-refractivity contribution in [1.29, 1.82) is 0 Å². The first-order valence-corrected chi connectivity index (χ1v) is 7.54. The van der Waals surface area contributed by atoms with E-state index in [9.17, 15) is 4.39 Å². The third-order valence-corrected chi connectivity index (χ3v) is 3.75. The Hall–Kier alpha value is -3.28. The number of hydrogen-bond donors (Lipinski definition) is 1. The van der Waals surface area contributed by atoms with Crippen molar-refractivity contribution in [3.63, 3.8) is 0 Å². The van der Waals surface area contributed by atoms with Crippen LogP contribution >= 0.6 is 0 Å². The van der Waals surface area contributed by atoms with E-state index in [1.54, 1.807) is 24.4 Å². The summed E-state index contributed by atoms with van der Waals surface area (Å²) in [5.41, 5.74) is 2.07. The van der Waals surface area contributed by atoms with Gasteiger partial charge in [0.2, 0.25) is 0 Å². The number of anilines is 1. The summed E-state index contributed by atoms with van der Waals surface area (Å²) in [7, 11) is 0. The fraction of sp³-hybridized carbons (Fsp3) is 0.0556. The van der Waals surface area contributed by atoms with E-state index in [-0.39, 0.29) is 5.82 Å². The van der Waals surface area contributed by atoms with Gasteiger partial charge in [0, 0.05) is 6.54 Å². The standard InChI is InChI=1S/C18H14FN5/c19-15-8-4-5-9-16(15)24-18-14(11-23-24)17(21-12-22-18)20-10-13-6-2-1-3-7-13/h1-9,11-12H,10H2,(H,20,21,22). The van der Waals surface area contributed by atoms with Gasteiger partial charge in [-0.2, -0.15) is 5.10 Å². The van der Waals surface area contributed by atoms with Crippen molar-refractivity contribution < 1.29 is 4.39 Å². The highest BCUT2D eigenvalue weighted by Gasteiger charge is 2.13. The number of fused-ring (bicyclic) bond motifs is 1. The normalized spacial score (nSPS) is 10.9. The van der Waals surface area contributed by atoms with Crippen LogP contribution in [0, 0.1) is 5.82 Å². The lowest BCUT2D eigenvalue weighted by atomic mass is 10.2. The van der Waals surface area contributed by atoms with Gasteiger partial charge in [0.15, 0.2) is 5.65 Å². The average Bonchev–Trinajstić information content (AvgIpc) is 3.06. The largest absolute Gasteiger partial charge is 0.365 e. The Kier molecular flexibility index (Phi) is 3.63. The van der Waals surface area contributed by atoms with Crippen molar-refractivity contribution in [2.75, 3.05) is 5.32 Å². The molecule has 0 saturated carbocycles. The van der Waals surface area contributed by atoms with Crippen LogP contribution in [0.15, 0.2) is 67.1 Å². The number of hydrogen-bond acceptors (Lipinski definition) is 4. The molecule has 0 unspecified atom stereocenters. The molecule has 2 aromatic carbocycles. The second-order valence-corrected chi connectivity index (χ2v) is 5.31. The first kappa shape index (κ1) is 14.3. The Labute approximate surface area is 137 Å². The van der Waals surface area contributed by atoms with Crippen LogP contribution in [0.25, 0.3) is 16.7 Å². The molecule has 0 aliphatic rings. The summed E-state index contributed by atoms with van der Waals surface area (Å²) in [5, 5.41) is 8.31. The minimum absolute atomic E-state index is 0.347. The fourth-order valence-electron chi connectivity index (χ4n) is 2.57. The van der Waals surface area contributed by atoms with Crippen LogP contribution in [0.1, 0.15) is 5.56 Å². The predicted octanol–water partition coefficient (Wildman–Crippen LogP) is 3.57. The molecule has 0 saturated heterocycles. The number of nitrogens with one attached hydrogen (secondary N) is 1. The summed E-state index contributed by atoms with van der Waals surface area (Å²) in [6.07, 6.45) is 3.10. The quantitative estimate of drug-likeness (QED) is 0.625. The van der Waals surface area contributed by atoms with Crippen LogP contribution in [-0.2, 0) is 6.54 Å². The Morgan fingerprint density at radius 2 is 1.75 bits per heavy atom. The zero-order valence-electron chi connectivity index (χ0n) is 12.7. The minimum atomic E-state index is -0.347. The van der Waals surface area contributed by atoms with E-state index < -0.39 is 0 Å². The maximum Gasteiger partial charge on any atom is 0.168 e. The second kappa shape index (κ2) is 6.08. The third-order valence-electron chi connectivity index (χ3n) is 3.75. The van der Waals surface area contributed by atoms with Gasteiger partial charge in [-0.1, -0.05) is 42.5 Å². The van der Waals surface area contributed by atoms with E-state index in [1.807, 2.05) is 30.3 Å². The van der Waals surface area contributed by atoms with E-state index in [0.717, 1.165) is 10.9 Å². The van der Waals surface area contributed by atoms with Crippen LogP contribution in [0.4, 0.5) is 10.2 Å². The van der Waals surface area contributed by atoms with Crippen molar-refractivity contribution >= 4 is 16.9 Å². The van der Waals surface area contributed by atoms with Gasteiger partial charge in [-0.3, -0.25) is 0 Å². The maximum atomic E-state index is 14.0. The predicted molar refractivity (Wildman–Crippen MR) is 90.4 cm³/mol. The molecule has 0 fully saturated rings. The molecule has 4 aromatic rings. The molecule has 0 spiro atoms. The Bertz CT molecular complexity index is 981. The number of halogens is 1. The lowest BCUT2D eigenvalue weighted by Crippen LogP contribution is -2.03. The van der Waals surface area contributed by atoms with Gasteiger partial charge in [0.25, 0.3) is 0 Å². The minimum Gasteiger partial charge on any atom is -0.365 e. The van der Waals surface area contributed by atoms with Crippen molar-refractivity contribution in [2.45, 2.75) is 6.54 Å². The molecule has 0 aliphatic carbocycles. The molecular weight excluding hydrogens is 305 g/mol. The van der Waals surface area contributed by atoms with Crippen LogP contribution < -0.4 is 5.32 Å². The highest BCUT2D eigenvalue weighted by atomic mass is 19.1. The highest BCUT2D eigenvalue weighted by Crippen LogP contribution is 2.23. The van der Waals surface area contributed by atoms with Gasteiger partial charge in [-0.05, 0) is 17.7 Å². The summed E-state index contributed by atoms with van der Waals surface area (Å²) in [6, 6.07) is 16.5. The molecule has 0 amide bonds. The number of nitrogens with zero attached hydrogens (tertiary/aromatic N) is 4. The molecule has 118 valence electrons. The summed E-state index contributed by atoms with van der Waals surface area (Å²) in [5.74, 6) is 0.325. The molecule has 0 aliphatic heterocycles. The third kappa shape index (κ3) is 2.58. The van der Waals surface area contributed by atoms with Crippen molar-refractivity contribution in [3.05, 3.63) is 78.5 Å². The van der Waals surface area contributed by atoms with Gasteiger partial charge in [0.05, 0.1) is 11.6 Å². The van der Waals surface area contributed by atoms with Crippen LogP contribution in [0.3, 0.4) is 0 Å². The molecule has 0 atom stereocenters. The average molecular weight is 319 g/mol. The monoisotopic (exact) mass is 319 g/mol. The van der Waals surface area contributed by atoms with E-state index in [1.165, 1.54) is 17.1 Å². The lowest BCUT2D eigenvalue weighted by molar-refractivity contribution is 0.612. The number of rotatable bonds is 4. The molecule has 4 rings (SSSR count). The van der Waals surface area contributed by atoms with Crippen LogP contribution in [-0.4, -0.2) is 19.7 Å². The first-order valence-electron chi connectivity index (χ1n) is 7.54. The summed E-state index contributed by atoms with van der Waals surface area (Å²) >= 11 is 0. The van der Waals surface area contributed by atoms with Gasteiger partial charge in [-0.25, -0.2) is 19.0 Å². The smallest absolute Gasteiger partial charge is 0.168 e. The summed E-state index contributed by atoms with van der Waals surface area (Å²) in [6.45, 7) is 0.637. The van der Waals surface area contributed by atoms with Crippen LogP contribution in [0.2, 0.25) is 0 Å². The molecule has 24 heavy (non-hydrogen) atoms. The SMILES string of the molecule is Fc1ccccc1-n1ncc2c(NCc3ccccc3)ncnc21. The van der Waals surface area contributed by atoms with Gasteiger partial charge < -0.3 is 5.32 Å². The molecule has 0 radical (unpaired) electrons. The molecule has 2 aromatic heterocycles. The van der Waals surface area contributed by atoms with E-state index in [0.29, 0.717) is 23.7 Å². The van der Waals surface area contributed by atoms with Gasteiger partial charge in [0.1, 0.15) is 23.6 Å². The molecule has 6 heteroatoms. The van der Waals surface area contributed by atoms with Crippen molar-refractivity contribution in [2.24, 2.45) is 0 Å². The van der Waals surface area contributed by atoms with Gasteiger partial charge in [-0.15, -0.1) is 0 Å². The zero-order valence-corrected chi connectivity index (χ0v) is 12.7. The van der Waals surface area contributed by atoms with Crippen LogP contribution in [0.5, 0.6) is 0 Å². The number of benzene rings is 2. The van der Waals surface area contributed by atoms with Crippen molar-refractivity contribution in [1.82, 2.24) is 19.7 Å². The fourth-order valence-corrected chi connectivity index (χ4v) is 2.57. The van der Waals surface area contributed by atoms with E-state index in [4.69, 9.17) is 0 Å². The van der Waals surface area contributed by atoms with Crippen molar-refractivity contribution in [3.8, 4) is 5.69 Å². The van der Waals surface area contributed by atoms with Gasteiger partial charge >= 0.3 is 0 Å². The Morgan fingerprint density at radius 3 is 2.58 bits per heavy atom. The Balaban J connectivity index is 1.70. The molecule has 5 nitrogen and oxygen atoms in total. The highest BCUT2D eigenvalue weighted by molar-refractivity contribution is 5.87. The number of aromatic nitrogens is 4. The lowest BCUT2D eigenvalue weighted by Gasteiger charge is -2.07. The second-order valence-electron chi connectivity index (χ2n) is 5.31.